The fraction of sp³-hybridized carbons (Fsp3) is 0.462. The van der Waals surface area contributed by atoms with Crippen molar-refractivity contribution in [2.24, 2.45) is 5.41 Å². The molecule has 0 bridgehead atoms. The third kappa shape index (κ3) is 4.13. The van der Waals surface area contributed by atoms with Crippen molar-refractivity contribution in [1.29, 1.82) is 0 Å². The molecule has 1 rings (SSSR count). The van der Waals surface area contributed by atoms with Crippen LogP contribution in [0.15, 0.2) is 28.7 Å². The maximum Gasteiger partial charge on any atom is 0.310 e. The van der Waals surface area contributed by atoms with Gasteiger partial charge >= 0.3 is 5.97 Å². The van der Waals surface area contributed by atoms with Gasteiger partial charge in [0.05, 0.1) is 5.41 Å². The normalized spacial score (nSPS) is 11.8. The van der Waals surface area contributed by atoms with Gasteiger partial charge in [0.1, 0.15) is 0 Å². The summed E-state index contributed by atoms with van der Waals surface area (Å²) in [5.41, 5.74) is 0.437. The van der Waals surface area contributed by atoms with E-state index in [0.29, 0.717) is 6.54 Å². The SMILES string of the molecule is CN(Cc1ccccc1Br)CC(C)(C)C(=O)O. The topological polar surface area (TPSA) is 40.5 Å². The molecule has 1 N–H and O–H groups in total. The maximum absolute atomic E-state index is 11.0. The molecular formula is C13H18BrNO2. The predicted molar refractivity (Wildman–Crippen MR) is 71.9 cm³/mol. The summed E-state index contributed by atoms with van der Waals surface area (Å²) in [5.74, 6) is -0.767. The Morgan fingerprint density at radius 1 is 1.41 bits per heavy atom. The first kappa shape index (κ1) is 14.2. The van der Waals surface area contributed by atoms with Gasteiger partial charge in [0.25, 0.3) is 0 Å². The lowest BCUT2D eigenvalue weighted by Gasteiger charge is -2.26. The van der Waals surface area contributed by atoms with Crippen molar-refractivity contribution in [3.8, 4) is 0 Å². The van der Waals surface area contributed by atoms with Gasteiger partial charge in [-0.25, -0.2) is 0 Å². The molecule has 0 amide bonds. The second-order valence-corrected chi connectivity index (χ2v) is 5.81. The molecule has 0 atom stereocenters. The zero-order chi connectivity index (χ0) is 13.1. The molecule has 94 valence electrons. The second-order valence-electron chi connectivity index (χ2n) is 4.95. The van der Waals surface area contributed by atoms with Gasteiger partial charge in [-0.1, -0.05) is 34.1 Å². The van der Waals surface area contributed by atoms with Crippen LogP contribution in [0.5, 0.6) is 0 Å². The molecule has 0 unspecified atom stereocenters. The fourth-order valence-electron chi connectivity index (χ4n) is 1.72. The number of nitrogens with zero attached hydrogens (tertiary/aromatic N) is 1. The molecule has 1 aromatic carbocycles. The van der Waals surface area contributed by atoms with E-state index in [9.17, 15) is 4.79 Å². The molecule has 0 saturated carbocycles. The summed E-state index contributed by atoms with van der Waals surface area (Å²) in [6, 6.07) is 7.98. The van der Waals surface area contributed by atoms with E-state index in [1.54, 1.807) is 13.8 Å². The highest BCUT2D eigenvalue weighted by Gasteiger charge is 2.28. The van der Waals surface area contributed by atoms with Gasteiger partial charge in [-0.15, -0.1) is 0 Å². The molecule has 0 aliphatic carbocycles. The zero-order valence-electron chi connectivity index (χ0n) is 10.4. The van der Waals surface area contributed by atoms with Crippen LogP contribution >= 0.6 is 15.9 Å². The highest BCUT2D eigenvalue weighted by Crippen LogP contribution is 2.21. The Morgan fingerprint density at radius 2 is 2.00 bits per heavy atom. The van der Waals surface area contributed by atoms with Crippen molar-refractivity contribution in [3.63, 3.8) is 0 Å². The Balaban J connectivity index is 2.65. The van der Waals surface area contributed by atoms with E-state index < -0.39 is 11.4 Å². The lowest BCUT2D eigenvalue weighted by Crippen LogP contribution is -2.36. The molecule has 17 heavy (non-hydrogen) atoms. The van der Waals surface area contributed by atoms with Crippen LogP contribution in [-0.4, -0.2) is 29.6 Å². The number of carboxylic acid groups (broad SMARTS) is 1. The van der Waals surface area contributed by atoms with Crippen LogP contribution in [0.25, 0.3) is 0 Å². The van der Waals surface area contributed by atoms with E-state index in [-0.39, 0.29) is 0 Å². The Bertz CT molecular complexity index is 404. The van der Waals surface area contributed by atoms with Gasteiger partial charge in [-0.2, -0.15) is 0 Å². The number of benzene rings is 1. The summed E-state index contributed by atoms with van der Waals surface area (Å²) >= 11 is 3.49. The van der Waals surface area contributed by atoms with Crippen LogP contribution < -0.4 is 0 Å². The van der Waals surface area contributed by atoms with E-state index in [1.165, 1.54) is 0 Å². The van der Waals surface area contributed by atoms with Crippen molar-refractivity contribution < 1.29 is 9.90 Å². The number of aliphatic carboxylic acids is 1. The fourth-order valence-corrected chi connectivity index (χ4v) is 2.13. The molecule has 0 aliphatic heterocycles. The molecule has 0 heterocycles. The monoisotopic (exact) mass is 299 g/mol. The number of hydrogen-bond donors (Lipinski definition) is 1. The van der Waals surface area contributed by atoms with Crippen molar-refractivity contribution in [2.45, 2.75) is 20.4 Å². The van der Waals surface area contributed by atoms with Gasteiger partial charge in [-0.3, -0.25) is 4.79 Å². The Morgan fingerprint density at radius 3 is 2.53 bits per heavy atom. The van der Waals surface area contributed by atoms with E-state index in [1.807, 2.05) is 36.2 Å². The van der Waals surface area contributed by atoms with E-state index in [0.717, 1.165) is 16.6 Å². The molecular weight excluding hydrogens is 282 g/mol. The van der Waals surface area contributed by atoms with Crippen molar-refractivity contribution >= 4 is 21.9 Å². The summed E-state index contributed by atoms with van der Waals surface area (Å²) in [6.45, 7) is 4.74. The third-order valence-corrected chi connectivity index (χ3v) is 3.42. The van der Waals surface area contributed by atoms with Crippen molar-refractivity contribution in [3.05, 3.63) is 34.3 Å². The van der Waals surface area contributed by atoms with Gasteiger partial charge in [0.15, 0.2) is 0 Å². The first-order valence-electron chi connectivity index (χ1n) is 5.48. The molecule has 0 spiro atoms. The minimum Gasteiger partial charge on any atom is -0.481 e. The van der Waals surface area contributed by atoms with Crippen LogP contribution in [0.3, 0.4) is 0 Å². The largest absolute Gasteiger partial charge is 0.481 e. The standard InChI is InChI=1S/C13H18BrNO2/c1-13(2,12(16)17)9-15(3)8-10-6-4-5-7-11(10)14/h4-7H,8-9H2,1-3H3,(H,16,17). The Labute approximate surface area is 111 Å². The molecule has 0 aliphatic rings. The molecule has 1 aromatic rings. The minimum atomic E-state index is -0.767. The van der Waals surface area contributed by atoms with Crippen molar-refractivity contribution in [2.75, 3.05) is 13.6 Å². The average molecular weight is 300 g/mol. The summed E-state index contributed by atoms with van der Waals surface area (Å²) in [7, 11) is 1.93. The summed E-state index contributed by atoms with van der Waals surface area (Å²) in [5, 5.41) is 9.07. The first-order valence-corrected chi connectivity index (χ1v) is 6.27. The second kappa shape index (κ2) is 5.65. The molecule has 0 radical (unpaired) electrons. The van der Waals surface area contributed by atoms with E-state index >= 15 is 0 Å². The number of carboxylic acids is 1. The quantitative estimate of drug-likeness (QED) is 0.909. The molecule has 0 aromatic heterocycles. The molecule has 4 heteroatoms. The third-order valence-electron chi connectivity index (χ3n) is 2.64. The summed E-state index contributed by atoms with van der Waals surface area (Å²) in [4.78, 5) is 13.1. The van der Waals surface area contributed by atoms with Crippen LogP contribution in [0.1, 0.15) is 19.4 Å². The lowest BCUT2D eigenvalue weighted by molar-refractivity contribution is -0.147. The van der Waals surface area contributed by atoms with Gasteiger partial charge in [-0.05, 0) is 32.5 Å². The van der Waals surface area contributed by atoms with E-state index in [4.69, 9.17) is 5.11 Å². The summed E-state index contributed by atoms with van der Waals surface area (Å²) < 4.78 is 1.06. The highest BCUT2D eigenvalue weighted by molar-refractivity contribution is 9.10. The predicted octanol–water partition coefficient (Wildman–Crippen LogP) is 2.99. The van der Waals surface area contributed by atoms with Crippen LogP contribution in [-0.2, 0) is 11.3 Å². The number of rotatable bonds is 5. The van der Waals surface area contributed by atoms with Crippen LogP contribution in [0.4, 0.5) is 0 Å². The Hall–Kier alpha value is -0.870. The lowest BCUT2D eigenvalue weighted by atomic mass is 9.93. The Kier molecular flexibility index (Phi) is 4.71. The number of hydrogen-bond acceptors (Lipinski definition) is 2. The van der Waals surface area contributed by atoms with E-state index in [2.05, 4.69) is 15.9 Å². The maximum atomic E-state index is 11.0. The zero-order valence-corrected chi connectivity index (χ0v) is 12.0. The highest BCUT2D eigenvalue weighted by atomic mass is 79.9. The van der Waals surface area contributed by atoms with Crippen LogP contribution in [0, 0.1) is 5.41 Å². The van der Waals surface area contributed by atoms with Gasteiger partial charge in [0.2, 0.25) is 0 Å². The van der Waals surface area contributed by atoms with Gasteiger partial charge in [0, 0.05) is 17.6 Å². The molecule has 0 fully saturated rings. The van der Waals surface area contributed by atoms with Crippen molar-refractivity contribution in [1.82, 2.24) is 4.90 Å². The molecule has 3 nitrogen and oxygen atoms in total. The smallest absolute Gasteiger partial charge is 0.310 e. The summed E-state index contributed by atoms with van der Waals surface area (Å²) in [6.07, 6.45) is 0. The number of halogens is 1. The first-order chi connectivity index (χ1) is 7.83. The van der Waals surface area contributed by atoms with Gasteiger partial charge < -0.3 is 10.0 Å². The molecule has 0 saturated heterocycles. The van der Waals surface area contributed by atoms with Crippen LogP contribution in [0.2, 0.25) is 0 Å². The minimum absolute atomic E-state index is 0.518. The average Bonchev–Trinajstić information content (AvgIpc) is 2.20. The number of carbonyl (C=O) groups is 1.